The first kappa shape index (κ1) is 13.3. The number of aliphatic hydroxyl groups is 1. The van der Waals surface area contributed by atoms with Crippen LogP contribution in [0.5, 0.6) is 0 Å². The maximum atomic E-state index is 9.15. The molecule has 0 radical (unpaired) electrons. The average Bonchev–Trinajstić information content (AvgIpc) is 2.21. The smallest absolute Gasteiger partial charge is 0.114 e. The highest BCUT2D eigenvalue weighted by atomic mass is 16.3. The van der Waals surface area contributed by atoms with E-state index in [9.17, 15) is 0 Å². The highest BCUT2D eigenvalue weighted by Gasteiger charge is 1.90. The van der Waals surface area contributed by atoms with E-state index in [-0.39, 0.29) is 0 Å². The normalized spacial score (nSPS) is 12.5. The summed E-state index contributed by atoms with van der Waals surface area (Å²) in [4.78, 5) is 0. The second-order valence-electron chi connectivity index (χ2n) is 3.41. The average molecular weight is 194 g/mol. The molecule has 0 saturated carbocycles. The first-order valence-electron chi connectivity index (χ1n) is 5.58. The van der Waals surface area contributed by atoms with Gasteiger partial charge in [-0.2, -0.15) is 0 Å². The van der Waals surface area contributed by atoms with Crippen molar-refractivity contribution in [2.75, 3.05) is 0 Å². The molecule has 1 atom stereocenters. The van der Waals surface area contributed by atoms with Gasteiger partial charge in [0, 0.05) is 6.42 Å². The fourth-order valence-corrected chi connectivity index (χ4v) is 1.11. The van der Waals surface area contributed by atoms with Crippen LogP contribution < -0.4 is 0 Å². The van der Waals surface area contributed by atoms with E-state index in [4.69, 9.17) is 5.11 Å². The Labute approximate surface area is 88.2 Å². The van der Waals surface area contributed by atoms with Gasteiger partial charge in [0.1, 0.15) is 6.10 Å². The molecule has 1 nitrogen and oxygen atoms in total. The van der Waals surface area contributed by atoms with Crippen molar-refractivity contribution in [2.45, 2.75) is 58.5 Å². The molecule has 0 aromatic carbocycles. The van der Waals surface area contributed by atoms with Gasteiger partial charge in [-0.3, -0.25) is 0 Å². The molecule has 0 amide bonds. The van der Waals surface area contributed by atoms with Crippen LogP contribution in [0.2, 0.25) is 0 Å². The molecular formula is C13H22O. The van der Waals surface area contributed by atoms with Crippen LogP contribution in [-0.2, 0) is 0 Å². The van der Waals surface area contributed by atoms with E-state index in [2.05, 4.69) is 30.9 Å². The van der Waals surface area contributed by atoms with E-state index in [0.717, 1.165) is 19.3 Å². The molecular weight excluding hydrogens is 172 g/mol. The number of rotatable bonds is 6. The Morgan fingerprint density at radius 2 is 2.07 bits per heavy atom. The topological polar surface area (TPSA) is 20.2 Å². The molecule has 0 saturated heterocycles. The quantitative estimate of drug-likeness (QED) is 0.391. The van der Waals surface area contributed by atoms with E-state index in [1.54, 1.807) is 0 Å². The third-order valence-electron chi connectivity index (χ3n) is 2.06. The highest BCUT2D eigenvalue weighted by molar-refractivity contribution is 5.03. The summed E-state index contributed by atoms with van der Waals surface area (Å²) in [5, 5.41) is 9.15. The number of allylic oxidation sites excluding steroid dienone is 2. The standard InChI is InChI=1S/C13H22O/c1-3-5-6-7-8-9-10-11-12-13(14)4-2/h3,5,13-14H,4,6-10H2,1-2H3. The minimum atomic E-state index is -0.418. The van der Waals surface area contributed by atoms with Crippen LogP contribution in [0, 0.1) is 11.8 Å². The van der Waals surface area contributed by atoms with Gasteiger partial charge in [-0.15, -0.1) is 5.92 Å². The van der Waals surface area contributed by atoms with Crippen molar-refractivity contribution in [1.82, 2.24) is 0 Å². The second-order valence-corrected chi connectivity index (χ2v) is 3.41. The fraction of sp³-hybridized carbons (Fsp3) is 0.692. The number of aliphatic hydroxyl groups excluding tert-OH is 1. The lowest BCUT2D eigenvalue weighted by Gasteiger charge is -1.95. The van der Waals surface area contributed by atoms with E-state index in [0.29, 0.717) is 0 Å². The maximum absolute atomic E-state index is 9.15. The molecule has 0 rings (SSSR count). The lowest BCUT2D eigenvalue weighted by atomic mass is 10.1. The highest BCUT2D eigenvalue weighted by Crippen LogP contribution is 2.02. The number of hydrogen-bond acceptors (Lipinski definition) is 1. The summed E-state index contributed by atoms with van der Waals surface area (Å²) < 4.78 is 0. The Morgan fingerprint density at radius 3 is 2.71 bits per heavy atom. The summed E-state index contributed by atoms with van der Waals surface area (Å²) in [6.45, 7) is 3.99. The predicted octanol–water partition coefficient (Wildman–Crippen LogP) is 3.29. The minimum Gasteiger partial charge on any atom is -0.380 e. The predicted molar refractivity (Wildman–Crippen MR) is 62.0 cm³/mol. The second kappa shape index (κ2) is 10.3. The van der Waals surface area contributed by atoms with Crippen molar-refractivity contribution < 1.29 is 5.11 Å². The van der Waals surface area contributed by atoms with Gasteiger partial charge < -0.3 is 5.11 Å². The maximum Gasteiger partial charge on any atom is 0.114 e. The van der Waals surface area contributed by atoms with Crippen LogP contribution in [0.4, 0.5) is 0 Å². The summed E-state index contributed by atoms with van der Waals surface area (Å²) >= 11 is 0. The first-order valence-corrected chi connectivity index (χ1v) is 5.58. The number of hydrogen-bond donors (Lipinski definition) is 1. The Hall–Kier alpha value is -0.740. The summed E-state index contributed by atoms with van der Waals surface area (Å²) in [5.74, 6) is 5.83. The summed E-state index contributed by atoms with van der Waals surface area (Å²) in [7, 11) is 0. The van der Waals surface area contributed by atoms with Gasteiger partial charge in [0.25, 0.3) is 0 Å². The molecule has 0 aliphatic heterocycles. The SMILES string of the molecule is CC=CCCCCCC#CC(O)CC. The third kappa shape index (κ3) is 9.35. The third-order valence-corrected chi connectivity index (χ3v) is 2.06. The van der Waals surface area contributed by atoms with Crippen molar-refractivity contribution in [2.24, 2.45) is 0 Å². The molecule has 0 spiro atoms. The van der Waals surface area contributed by atoms with Gasteiger partial charge in [-0.05, 0) is 32.6 Å². The Balaban J connectivity index is 3.23. The molecule has 0 fully saturated rings. The van der Waals surface area contributed by atoms with Gasteiger partial charge in [0.05, 0.1) is 0 Å². The molecule has 0 aliphatic rings. The van der Waals surface area contributed by atoms with Crippen LogP contribution >= 0.6 is 0 Å². The molecule has 1 N–H and O–H groups in total. The van der Waals surface area contributed by atoms with Gasteiger partial charge in [-0.1, -0.05) is 31.4 Å². The van der Waals surface area contributed by atoms with Crippen LogP contribution in [0.25, 0.3) is 0 Å². The van der Waals surface area contributed by atoms with Gasteiger partial charge in [-0.25, -0.2) is 0 Å². The summed E-state index contributed by atoms with van der Waals surface area (Å²) in [6.07, 6.45) is 10.4. The largest absolute Gasteiger partial charge is 0.380 e. The van der Waals surface area contributed by atoms with Crippen LogP contribution in [0.15, 0.2) is 12.2 Å². The zero-order valence-corrected chi connectivity index (χ0v) is 9.42. The lowest BCUT2D eigenvalue weighted by Crippen LogP contribution is -1.98. The zero-order chi connectivity index (χ0) is 10.6. The van der Waals surface area contributed by atoms with Crippen molar-refractivity contribution in [3.8, 4) is 11.8 Å². The molecule has 0 bridgehead atoms. The van der Waals surface area contributed by atoms with Gasteiger partial charge in [0.2, 0.25) is 0 Å². The molecule has 1 unspecified atom stereocenters. The van der Waals surface area contributed by atoms with Crippen LogP contribution in [0.1, 0.15) is 52.4 Å². The zero-order valence-electron chi connectivity index (χ0n) is 9.42. The van der Waals surface area contributed by atoms with Crippen LogP contribution in [0.3, 0.4) is 0 Å². The van der Waals surface area contributed by atoms with E-state index in [1.165, 1.54) is 19.3 Å². The van der Waals surface area contributed by atoms with Crippen LogP contribution in [-0.4, -0.2) is 11.2 Å². The van der Waals surface area contributed by atoms with Crippen molar-refractivity contribution in [1.29, 1.82) is 0 Å². The van der Waals surface area contributed by atoms with Crippen molar-refractivity contribution >= 4 is 0 Å². The molecule has 1 heteroatoms. The van der Waals surface area contributed by atoms with E-state index < -0.39 is 6.10 Å². The van der Waals surface area contributed by atoms with Crippen molar-refractivity contribution in [3.05, 3.63) is 12.2 Å². The molecule has 80 valence electrons. The van der Waals surface area contributed by atoms with E-state index in [1.807, 2.05) is 6.92 Å². The summed E-state index contributed by atoms with van der Waals surface area (Å²) in [6, 6.07) is 0. The lowest BCUT2D eigenvalue weighted by molar-refractivity contribution is 0.228. The molecule has 0 aromatic rings. The summed E-state index contributed by atoms with van der Waals surface area (Å²) in [5.41, 5.74) is 0. The number of unbranched alkanes of at least 4 members (excludes halogenated alkanes) is 4. The molecule has 0 aliphatic carbocycles. The van der Waals surface area contributed by atoms with Gasteiger partial charge >= 0.3 is 0 Å². The van der Waals surface area contributed by atoms with E-state index >= 15 is 0 Å². The fourth-order valence-electron chi connectivity index (χ4n) is 1.11. The first-order chi connectivity index (χ1) is 6.81. The van der Waals surface area contributed by atoms with Crippen molar-refractivity contribution in [3.63, 3.8) is 0 Å². The minimum absolute atomic E-state index is 0.418. The molecule has 14 heavy (non-hydrogen) atoms. The molecule has 0 heterocycles. The van der Waals surface area contributed by atoms with Gasteiger partial charge in [0.15, 0.2) is 0 Å². The monoisotopic (exact) mass is 194 g/mol. The Kier molecular flexibility index (Phi) is 9.79. The Bertz CT molecular complexity index is 195. The Morgan fingerprint density at radius 1 is 1.29 bits per heavy atom. The molecule has 0 aromatic heterocycles.